The molecule has 1 heterocycles. The minimum atomic E-state index is -1.28. The molecule has 1 aliphatic heterocycles. The normalized spacial score (nSPS) is 41.9. The molecular weight excluding hydrogens is 356 g/mol. The van der Waals surface area contributed by atoms with Crippen molar-refractivity contribution in [3.8, 4) is 0 Å². The molecule has 4 aliphatic carbocycles. The third kappa shape index (κ3) is 2.64. The third-order valence-electron chi connectivity index (χ3n) is 6.67. The number of carboxylic acid groups (broad SMARTS) is 1. The Morgan fingerprint density at radius 2 is 1.80 bits per heavy atom. The number of hydrogen-bond donors (Lipinski definition) is 2. The van der Waals surface area contributed by atoms with Gasteiger partial charge in [-0.15, -0.1) is 0 Å². The first-order valence-electron chi connectivity index (χ1n) is 9.38. The van der Waals surface area contributed by atoms with E-state index in [-0.39, 0.29) is 17.7 Å². The zero-order valence-electron chi connectivity index (χ0n) is 14.6. The van der Waals surface area contributed by atoms with Crippen LogP contribution in [0.25, 0.3) is 0 Å². The first-order valence-corrected chi connectivity index (χ1v) is 10.8. The second-order valence-corrected chi connectivity index (χ2v) is 10.0. The molecule has 1 N–H and O–H groups in total. The SMILES string of the molecule is CCC1(C(=O)O)SC(C23CC4CC(CC(C4)C2)C3)=NN1C(=O)CCS. The van der Waals surface area contributed by atoms with Crippen molar-refractivity contribution in [1.82, 2.24) is 5.01 Å². The van der Waals surface area contributed by atoms with E-state index in [1.54, 1.807) is 0 Å². The summed E-state index contributed by atoms with van der Waals surface area (Å²) < 4.78 is 0. The monoisotopic (exact) mass is 382 g/mol. The van der Waals surface area contributed by atoms with Gasteiger partial charge < -0.3 is 5.11 Å². The molecular formula is C18H26N2O3S2. The Labute approximate surface area is 158 Å². The number of aliphatic carboxylic acids is 1. The fourth-order valence-electron chi connectivity index (χ4n) is 5.95. The van der Waals surface area contributed by atoms with Crippen LogP contribution < -0.4 is 0 Å². The van der Waals surface area contributed by atoms with E-state index in [9.17, 15) is 14.7 Å². The van der Waals surface area contributed by atoms with Crippen LogP contribution in [0.2, 0.25) is 0 Å². The minimum Gasteiger partial charge on any atom is -0.479 e. The molecule has 0 aromatic carbocycles. The largest absolute Gasteiger partial charge is 0.479 e. The van der Waals surface area contributed by atoms with Gasteiger partial charge in [-0.05, 0) is 68.5 Å². The van der Waals surface area contributed by atoms with Gasteiger partial charge in [0, 0.05) is 11.8 Å². The van der Waals surface area contributed by atoms with E-state index in [2.05, 4.69) is 12.6 Å². The van der Waals surface area contributed by atoms with E-state index in [1.165, 1.54) is 36.0 Å². The number of amides is 1. The summed E-state index contributed by atoms with van der Waals surface area (Å²) in [7, 11) is 0. The summed E-state index contributed by atoms with van der Waals surface area (Å²) in [5.74, 6) is 1.50. The van der Waals surface area contributed by atoms with Gasteiger partial charge in [0.1, 0.15) is 5.04 Å². The third-order valence-corrected chi connectivity index (χ3v) is 8.57. The van der Waals surface area contributed by atoms with E-state index >= 15 is 0 Å². The van der Waals surface area contributed by atoms with E-state index in [1.807, 2.05) is 6.92 Å². The number of hydrazone groups is 1. The highest BCUT2D eigenvalue weighted by Crippen LogP contribution is 2.63. The lowest BCUT2D eigenvalue weighted by Gasteiger charge is -2.56. The van der Waals surface area contributed by atoms with Crippen LogP contribution in [0.5, 0.6) is 0 Å². The minimum absolute atomic E-state index is 0.0191. The molecule has 25 heavy (non-hydrogen) atoms. The first-order chi connectivity index (χ1) is 11.9. The number of thioether (sulfide) groups is 1. The standard InChI is InChI=1S/C18H26N2O3S2/c1-2-18(16(22)23)20(14(21)3-4-24)19-15(25-18)17-8-11-5-12(9-17)7-13(6-11)10-17/h11-13,24H,2-10H2,1H3,(H,22,23). The van der Waals surface area contributed by atoms with Crippen LogP contribution in [0.4, 0.5) is 0 Å². The van der Waals surface area contributed by atoms with Gasteiger partial charge in [-0.2, -0.15) is 17.7 Å². The van der Waals surface area contributed by atoms with Gasteiger partial charge in [0.15, 0.2) is 0 Å². The molecule has 1 atom stereocenters. The van der Waals surface area contributed by atoms with Crippen molar-refractivity contribution >= 4 is 41.3 Å². The molecule has 0 aromatic rings. The quantitative estimate of drug-likeness (QED) is 0.713. The molecule has 5 rings (SSSR count). The van der Waals surface area contributed by atoms with Crippen molar-refractivity contribution in [2.24, 2.45) is 28.3 Å². The molecule has 1 amide bonds. The predicted octanol–water partition coefficient (Wildman–Crippen LogP) is 3.60. The molecule has 0 aromatic heterocycles. The predicted molar refractivity (Wildman–Crippen MR) is 102 cm³/mol. The topological polar surface area (TPSA) is 70.0 Å². The molecule has 0 radical (unpaired) electrons. The average Bonchev–Trinajstić information content (AvgIpc) is 2.96. The van der Waals surface area contributed by atoms with E-state index < -0.39 is 10.8 Å². The Morgan fingerprint density at radius 1 is 1.24 bits per heavy atom. The molecule has 5 aliphatic rings. The van der Waals surface area contributed by atoms with Crippen LogP contribution in [0.1, 0.15) is 58.3 Å². The molecule has 1 unspecified atom stereocenters. The molecule has 138 valence electrons. The van der Waals surface area contributed by atoms with Crippen molar-refractivity contribution in [1.29, 1.82) is 0 Å². The summed E-state index contributed by atoms with van der Waals surface area (Å²) in [5, 5.41) is 16.8. The summed E-state index contributed by atoms with van der Waals surface area (Å²) in [5.41, 5.74) is 0.0191. The number of carbonyl (C=O) groups is 2. The maximum Gasteiger partial charge on any atom is 0.342 e. The highest BCUT2D eigenvalue weighted by atomic mass is 32.2. The molecule has 5 nitrogen and oxygen atoms in total. The smallest absolute Gasteiger partial charge is 0.342 e. The van der Waals surface area contributed by atoms with Gasteiger partial charge in [-0.1, -0.05) is 18.7 Å². The van der Waals surface area contributed by atoms with E-state index in [0.29, 0.717) is 12.2 Å². The van der Waals surface area contributed by atoms with Crippen LogP contribution in [-0.4, -0.2) is 37.7 Å². The van der Waals surface area contributed by atoms with Gasteiger partial charge in [-0.3, -0.25) is 4.79 Å². The second kappa shape index (κ2) is 6.19. The second-order valence-electron chi connectivity index (χ2n) is 8.33. The Hall–Kier alpha value is -0.690. The highest BCUT2D eigenvalue weighted by molar-refractivity contribution is 8.16. The van der Waals surface area contributed by atoms with Crippen molar-refractivity contribution in [2.75, 3.05) is 5.75 Å². The van der Waals surface area contributed by atoms with Crippen LogP contribution >= 0.6 is 24.4 Å². The number of thiol groups is 1. The molecule has 0 spiro atoms. The Balaban J connectivity index is 1.69. The van der Waals surface area contributed by atoms with E-state index in [4.69, 9.17) is 5.10 Å². The van der Waals surface area contributed by atoms with Crippen molar-refractivity contribution in [3.63, 3.8) is 0 Å². The zero-order chi connectivity index (χ0) is 17.8. The number of hydrogen-bond acceptors (Lipinski definition) is 5. The number of rotatable bonds is 5. The van der Waals surface area contributed by atoms with Crippen LogP contribution in [0.15, 0.2) is 5.10 Å². The van der Waals surface area contributed by atoms with E-state index in [0.717, 1.165) is 42.1 Å². The maximum atomic E-state index is 12.6. The lowest BCUT2D eigenvalue weighted by atomic mass is 9.50. The average molecular weight is 383 g/mol. The first kappa shape index (κ1) is 17.7. The molecule has 4 fully saturated rings. The summed E-state index contributed by atoms with van der Waals surface area (Å²) in [6.07, 6.45) is 7.93. The fraction of sp³-hybridized carbons (Fsp3) is 0.833. The molecule has 4 saturated carbocycles. The molecule has 0 saturated heterocycles. The summed E-state index contributed by atoms with van der Waals surface area (Å²) in [6, 6.07) is 0. The van der Waals surface area contributed by atoms with Gasteiger partial charge in [0.2, 0.25) is 10.8 Å². The Morgan fingerprint density at radius 3 is 2.24 bits per heavy atom. The van der Waals surface area contributed by atoms with Gasteiger partial charge in [0.05, 0.1) is 0 Å². The number of carboxylic acids is 1. The van der Waals surface area contributed by atoms with Gasteiger partial charge in [-0.25, -0.2) is 9.80 Å². The lowest BCUT2D eigenvalue weighted by Crippen LogP contribution is -2.50. The van der Waals surface area contributed by atoms with Crippen LogP contribution in [0, 0.1) is 23.2 Å². The van der Waals surface area contributed by atoms with Crippen molar-refractivity contribution in [2.45, 2.75) is 63.2 Å². The molecule has 7 heteroatoms. The highest BCUT2D eigenvalue weighted by Gasteiger charge is 2.60. The zero-order valence-corrected chi connectivity index (χ0v) is 16.3. The van der Waals surface area contributed by atoms with Crippen molar-refractivity contribution < 1.29 is 14.7 Å². The summed E-state index contributed by atoms with van der Waals surface area (Å²) in [6.45, 7) is 1.83. The number of carbonyl (C=O) groups excluding carboxylic acids is 1. The maximum absolute atomic E-state index is 12.6. The summed E-state index contributed by atoms with van der Waals surface area (Å²) >= 11 is 5.49. The lowest BCUT2D eigenvalue weighted by molar-refractivity contribution is -0.152. The van der Waals surface area contributed by atoms with Gasteiger partial charge in [0.25, 0.3) is 0 Å². The fourth-order valence-corrected chi connectivity index (χ4v) is 7.51. The molecule has 4 bridgehead atoms. The Bertz CT molecular complexity index is 601. The van der Waals surface area contributed by atoms with Crippen LogP contribution in [0.3, 0.4) is 0 Å². The van der Waals surface area contributed by atoms with Crippen LogP contribution in [-0.2, 0) is 9.59 Å². The van der Waals surface area contributed by atoms with Crippen molar-refractivity contribution in [3.05, 3.63) is 0 Å². The summed E-state index contributed by atoms with van der Waals surface area (Å²) in [4.78, 5) is 23.4. The Kier molecular flexibility index (Phi) is 4.38. The number of nitrogens with zero attached hydrogens (tertiary/aromatic N) is 2. The van der Waals surface area contributed by atoms with Gasteiger partial charge >= 0.3 is 5.97 Å².